The molecule has 46 valence electrons. The Balaban J connectivity index is 2.29. The van der Waals surface area contributed by atoms with E-state index in [1.165, 1.54) is 0 Å². The van der Waals surface area contributed by atoms with Crippen molar-refractivity contribution in [1.82, 2.24) is 10.6 Å². The molecule has 8 heavy (non-hydrogen) atoms. The molecule has 1 aliphatic heterocycles. The number of hydrogen-bond donors (Lipinski definition) is 1. The Morgan fingerprint density at radius 3 is 2.62 bits per heavy atom. The topological polar surface area (TPSA) is 24.5 Å². The molecule has 0 unspecified atom stereocenters. The highest BCUT2D eigenvalue weighted by Gasteiger charge is 2.09. The fourth-order valence-electron chi connectivity index (χ4n) is 0.501. The lowest BCUT2D eigenvalue weighted by molar-refractivity contribution is -0.137. The molecule has 1 N–H and O–H groups in total. The van der Waals surface area contributed by atoms with Crippen LogP contribution in [0.4, 0.5) is 0 Å². The first kappa shape index (κ1) is 5.44. The van der Waals surface area contributed by atoms with Crippen molar-refractivity contribution in [3.8, 4) is 0 Å². The van der Waals surface area contributed by atoms with Gasteiger partial charge in [-0.15, -0.1) is 0 Å². The lowest BCUT2D eigenvalue weighted by Crippen LogP contribution is -2.34. The van der Waals surface area contributed by atoms with E-state index >= 15 is 0 Å². The summed E-state index contributed by atoms with van der Waals surface area (Å²) in [7, 11) is 0. The molecule has 1 aliphatic rings. The first-order chi connectivity index (χ1) is 3.80. The molecule has 0 saturated heterocycles. The van der Waals surface area contributed by atoms with Crippen LogP contribution in [-0.4, -0.2) is 11.2 Å². The van der Waals surface area contributed by atoms with Crippen molar-refractivity contribution < 1.29 is 4.84 Å². The summed E-state index contributed by atoms with van der Waals surface area (Å²) >= 11 is 0. The average Bonchev–Trinajstić information content (AvgIpc) is 2.12. The highest BCUT2D eigenvalue weighted by molar-refractivity contribution is 4.73. The van der Waals surface area contributed by atoms with Gasteiger partial charge in [-0.1, -0.05) is 5.17 Å². The third-order valence-electron chi connectivity index (χ3n) is 0.913. The minimum atomic E-state index is 0.380. The van der Waals surface area contributed by atoms with Gasteiger partial charge in [-0.3, -0.25) is 5.43 Å². The van der Waals surface area contributed by atoms with Crippen LogP contribution < -0.4 is 5.43 Å². The second kappa shape index (κ2) is 2.05. The number of hydrazine groups is 1. The fourth-order valence-corrected chi connectivity index (χ4v) is 0.501. The zero-order valence-corrected chi connectivity index (χ0v) is 5.09. The molecule has 0 saturated carbocycles. The molecule has 0 aromatic rings. The van der Waals surface area contributed by atoms with Crippen LogP contribution in [-0.2, 0) is 4.84 Å². The van der Waals surface area contributed by atoms with Gasteiger partial charge in [0, 0.05) is 0 Å². The largest absolute Gasteiger partial charge is 0.392 e. The van der Waals surface area contributed by atoms with Crippen LogP contribution in [0.1, 0.15) is 13.8 Å². The Bertz CT molecular complexity index is 92.6. The second-order valence-corrected chi connectivity index (χ2v) is 1.96. The molecule has 0 bridgehead atoms. The van der Waals surface area contributed by atoms with E-state index in [0.717, 1.165) is 0 Å². The summed E-state index contributed by atoms with van der Waals surface area (Å²) < 4.78 is 0. The van der Waals surface area contributed by atoms with Gasteiger partial charge in [0.25, 0.3) is 0 Å². The van der Waals surface area contributed by atoms with Crippen molar-refractivity contribution in [1.29, 1.82) is 0 Å². The molecule has 0 aliphatic carbocycles. The third-order valence-corrected chi connectivity index (χ3v) is 0.913. The number of rotatable bonds is 1. The van der Waals surface area contributed by atoms with Crippen LogP contribution in [0.3, 0.4) is 0 Å². The molecule has 3 heteroatoms. The van der Waals surface area contributed by atoms with Crippen LogP contribution in [0.5, 0.6) is 0 Å². The summed E-state index contributed by atoms with van der Waals surface area (Å²) in [6.45, 7) is 4.08. The molecule has 0 fully saturated rings. The Morgan fingerprint density at radius 1 is 1.62 bits per heavy atom. The fraction of sp³-hybridized carbons (Fsp3) is 0.600. The van der Waals surface area contributed by atoms with Gasteiger partial charge in [0.15, 0.2) is 0 Å². The molecule has 1 rings (SSSR count). The molecule has 0 amide bonds. The summed E-state index contributed by atoms with van der Waals surface area (Å²) in [4.78, 5) is 4.96. The molecule has 0 atom stereocenters. The zero-order chi connectivity index (χ0) is 5.98. The Hall–Kier alpha value is -0.700. The van der Waals surface area contributed by atoms with Crippen molar-refractivity contribution in [3.05, 3.63) is 12.5 Å². The van der Waals surface area contributed by atoms with Gasteiger partial charge in [0.1, 0.15) is 6.26 Å². The van der Waals surface area contributed by atoms with Crippen molar-refractivity contribution in [2.24, 2.45) is 0 Å². The van der Waals surface area contributed by atoms with Crippen LogP contribution in [0, 0.1) is 0 Å². The molecule has 0 aromatic heterocycles. The van der Waals surface area contributed by atoms with E-state index in [2.05, 4.69) is 5.43 Å². The van der Waals surface area contributed by atoms with E-state index in [1.807, 2.05) is 13.8 Å². The lowest BCUT2D eigenvalue weighted by Gasteiger charge is -2.17. The van der Waals surface area contributed by atoms with Crippen LogP contribution in [0.15, 0.2) is 12.5 Å². The predicted molar refractivity (Wildman–Crippen MR) is 30.3 cm³/mol. The van der Waals surface area contributed by atoms with Gasteiger partial charge >= 0.3 is 0 Å². The summed E-state index contributed by atoms with van der Waals surface area (Å²) in [5.74, 6) is 0. The number of hydrogen-bond acceptors (Lipinski definition) is 3. The van der Waals surface area contributed by atoms with Crippen LogP contribution >= 0.6 is 0 Å². The summed E-state index contributed by atoms with van der Waals surface area (Å²) in [6, 6.07) is 0.380. The van der Waals surface area contributed by atoms with E-state index in [-0.39, 0.29) is 0 Å². The van der Waals surface area contributed by atoms with Crippen molar-refractivity contribution in [3.63, 3.8) is 0 Å². The van der Waals surface area contributed by atoms with Crippen LogP contribution in [0.25, 0.3) is 0 Å². The third kappa shape index (κ3) is 0.924. The predicted octanol–water partition coefficient (Wildman–Crippen LogP) is 0.618. The Labute approximate surface area is 48.9 Å². The normalized spacial score (nSPS) is 18.9. The van der Waals surface area contributed by atoms with E-state index < -0.39 is 0 Å². The van der Waals surface area contributed by atoms with Gasteiger partial charge in [0.2, 0.25) is 0 Å². The minimum absolute atomic E-state index is 0.380. The summed E-state index contributed by atoms with van der Waals surface area (Å²) in [5, 5.41) is 1.67. The quantitative estimate of drug-likeness (QED) is 0.540. The SMILES string of the molecule is CC(C)N1NC=CO1. The van der Waals surface area contributed by atoms with Gasteiger partial charge in [-0.05, 0) is 13.8 Å². The molecule has 0 spiro atoms. The minimum Gasteiger partial charge on any atom is -0.392 e. The number of hydroxylamine groups is 1. The standard InChI is InChI=1S/C5H10N2O/c1-5(2)7-6-3-4-8-7/h3-6H,1-2H3. The van der Waals surface area contributed by atoms with Crippen LogP contribution in [0.2, 0.25) is 0 Å². The Morgan fingerprint density at radius 2 is 2.38 bits per heavy atom. The van der Waals surface area contributed by atoms with E-state index in [1.54, 1.807) is 17.6 Å². The summed E-state index contributed by atoms with van der Waals surface area (Å²) in [6.07, 6.45) is 3.36. The maximum atomic E-state index is 4.96. The summed E-state index contributed by atoms with van der Waals surface area (Å²) in [5.41, 5.74) is 2.89. The highest BCUT2D eigenvalue weighted by atomic mass is 16.7. The molecular formula is C5H10N2O. The monoisotopic (exact) mass is 114 g/mol. The number of nitrogens with zero attached hydrogens (tertiary/aromatic N) is 1. The van der Waals surface area contributed by atoms with Gasteiger partial charge in [-0.25, -0.2) is 0 Å². The lowest BCUT2D eigenvalue weighted by atomic mass is 10.4. The van der Waals surface area contributed by atoms with Gasteiger partial charge in [0.05, 0.1) is 12.2 Å². The average molecular weight is 114 g/mol. The van der Waals surface area contributed by atoms with Crippen molar-refractivity contribution in [2.75, 3.05) is 0 Å². The maximum Gasteiger partial charge on any atom is 0.131 e. The van der Waals surface area contributed by atoms with E-state index in [9.17, 15) is 0 Å². The Kier molecular flexibility index (Phi) is 1.39. The van der Waals surface area contributed by atoms with Crippen molar-refractivity contribution >= 4 is 0 Å². The highest BCUT2D eigenvalue weighted by Crippen LogP contribution is 1.99. The van der Waals surface area contributed by atoms with Gasteiger partial charge in [-0.2, -0.15) is 0 Å². The molecular weight excluding hydrogens is 104 g/mol. The molecule has 3 nitrogen and oxygen atoms in total. The molecule has 0 radical (unpaired) electrons. The smallest absolute Gasteiger partial charge is 0.131 e. The first-order valence-corrected chi connectivity index (χ1v) is 2.68. The number of nitrogens with one attached hydrogen (secondary N) is 1. The maximum absolute atomic E-state index is 4.96. The van der Waals surface area contributed by atoms with Gasteiger partial charge < -0.3 is 4.84 Å². The second-order valence-electron chi connectivity index (χ2n) is 1.96. The van der Waals surface area contributed by atoms with E-state index in [4.69, 9.17) is 4.84 Å². The molecule has 0 aromatic carbocycles. The zero-order valence-electron chi connectivity index (χ0n) is 5.09. The molecule has 1 heterocycles. The van der Waals surface area contributed by atoms with E-state index in [0.29, 0.717) is 6.04 Å². The van der Waals surface area contributed by atoms with Crippen molar-refractivity contribution in [2.45, 2.75) is 19.9 Å². The first-order valence-electron chi connectivity index (χ1n) is 2.68.